The summed E-state index contributed by atoms with van der Waals surface area (Å²) in [6.45, 7) is 6.68. The molecule has 0 aliphatic rings. The predicted molar refractivity (Wildman–Crippen MR) is 80.1 cm³/mol. The summed E-state index contributed by atoms with van der Waals surface area (Å²) in [6.07, 6.45) is 2.72. The van der Waals surface area contributed by atoms with E-state index in [0.29, 0.717) is 6.61 Å². The maximum absolute atomic E-state index is 6.05. The zero-order valence-electron chi connectivity index (χ0n) is 11.4. The van der Waals surface area contributed by atoms with E-state index in [2.05, 4.69) is 43.0 Å². The van der Waals surface area contributed by atoms with Crippen molar-refractivity contribution in [1.29, 1.82) is 0 Å². The van der Waals surface area contributed by atoms with E-state index >= 15 is 0 Å². The number of ether oxygens (including phenoxy) is 1. The smallest absolute Gasteiger partial charge is 0.115 e. The van der Waals surface area contributed by atoms with E-state index in [0.717, 1.165) is 12.0 Å². The summed E-state index contributed by atoms with van der Waals surface area (Å²) < 4.78 is 6.05. The fourth-order valence-electron chi connectivity index (χ4n) is 2.36. The Kier molecular flexibility index (Phi) is 4.53. The normalized spacial score (nSPS) is 13.7. The quantitative estimate of drug-likeness (QED) is 0.695. The third-order valence-electron chi connectivity index (χ3n) is 3.30. The second-order valence-corrected chi connectivity index (χ2v) is 4.56. The average molecular weight is 252 g/mol. The predicted octanol–water partition coefficient (Wildman–Crippen LogP) is 4.35. The third kappa shape index (κ3) is 3.12. The summed E-state index contributed by atoms with van der Waals surface area (Å²) in [5, 5.41) is 0. The van der Waals surface area contributed by atoms with Gasteiger partial charge in [0.2, 0.25) is 0 Å². The summed E-state index contributed by atoms with van der Waals surface area (Å²) in [6, 6.07) is 20.7. The lowest BCUT2D eigenvalue weighted by Crippen LogP contribution is -2.30. The van der Waals surface area contributed by atoms with Crippen LogP contribution in [0, 0.1) is 0 Å². The minimum Gasteiger partial charge on any atom is -0.366 e. The van der Waals surface area contributed by atoms with Gasteiger partial charge in [-0.05, 0) is 18.1 Å². The van der Waals surface area contributed by atoms with Gasteiger partial charge in [-0.25, -0.2) is 0 Å². The van der Waals surface area contributed by atoms with Gasteiger partial charge in [-0.1, -0.05) is 73.3 Å². The van der Waals surface area contributed by atoms with Crippen molar-refractivity contribution in [2.24, 2.45) is 0 Å². The van der Waals surface area contributed by atoms with E-state index < -0.39 is 5.60 Å². The molecule has 0 aliphatic heterocycles. The lowest BCUT2D eigenvalue weighted by molar-refractivity contribution is -0.00425. The van der Waals surface area contributed by atoms with Crippen LogP contribution in [0.4, 0.5) is 0 Å². The van der Waals surface area contributed by atoms with Crippen molar-refractivity contribution in [2.45, 2.75) is 18.9 Å². The minimum atomic E-state index is -0.447. The summed E-state index contributed by atoms with van der Waals surface area (Å²) >= 11 is 0. The van der Waals surface area contributed by atoms with Crippen LogP contribution in [0.5, 0.6) is 0 Å². The highest BCUT2D eigenvalue weighted by molar-refractivity contribution is 5.31. The van der Waals surface area contributed by atoms with Crippen LogP contribution in [0.25, 0.3) is 0 Å². The first kappa shape index (κ1) is 13.6. The molecule has 19 heavy (non-hydrogen) atoms. The zero-order valence-corrected chi connectivity index (χ0v) is 11.4. The van der Waals surface area contributed by atoms with Crippen molar-refractivity contribution < 1.29 is 4.74 Å². The van der Waals surface area contributed by atoms with Crippen molar-refractivity contribution in [1.82, 2.24) is 0 Å². The van der Waals surface area contributed by atoms with Crippen LogP contribution < -0.4 is 0 Å². The molecule has 0 aliphatic carbocycles. The molecule has 2 aromatic rings. The monoisotopic (exact) mass is 252 g/mol. The van der Waals surface area contributed by atoms with E-state index in [4.69, 9.17) is 4.74 Å². The Hall–Kier alpha value is -1.86. The summed E-state index contributed by atoms with van der Waals surface area (Å²) in [7, 11) is 0. The van der Waals surface area contributed by atoms with Crippen LogP contribution in [-0.4, -0.2) is 6.61 Å². The second kappa shape index (κ2) is 6.35. The van der Waals surface area contributed by atoms with Gasteiger partial charge in [-0.15, -0.1) is 0 Å². The van der Waals surface area contributed by atoms with Crippen LogP contribution in [0.1, 0.15) is 18.1 Å². The molecule has 2 rings (SSSR count). The average Bonchev–Trinajstić information content (AvgIpc) is 2.49. The van der Waals surface area contributed by atoms with Gasteiger partial charge in [0.15, 0.2) is 0 Å². The van der Waals surface area contributed by atoms with Crippen molar-refractivity contribution in [3.8, 4) is 0 Å². The number of rotatable bonds is 6. The molecule has 0 N–H and O–H groups in total. The molecule has 1 heteroatoms. The minimum absolute atomic E-state index is 0.447. The maximum atomic E-state index is 6.05. The molecular weight excluding hydrogens is 232 g/mol. The Morgan fingerprint density at radius 2 is 1.58 bits per heavy atom. The van der Waals surface area contributed by atoms with Gasteiger partial charge in [0.1, 0.15) is 5.60 Å². The molecule has 0 aromatic heterocycles. The van der Waals surface area contributed by atoms with E-state index in [1.165, 1.54) is 5.56 Å². The largest absolute Gasteiger partial charge is 0.366 e. The summed E-state index contributed by atoms with van der Waals surface area (Å²) in [5.41, 5.74) is 1.95. The van der Waals surface area contributed by atoms with Gasteiger partial charge in [0, 0.05) is 13.0 Å². The van der Waals surface area contributed by atoms with E-state index in [9.17, 15) is 0 Å². The molecule has 0 saturated carbocycles. The Morgan fingerprint density at radius 3 is 2.11 bits per heavy atom. The number of hydrogen-bond donors (Lipinski definition) is 0. The first-order valence-corrected chi connectivity index (χ1v) is 6.68. The first-order valence-electron chi connectivity index (χ1n) is 6.68. The molecule has 2 aromatic carbocycles. The molecule has 0 radical (unpaired) electrons. The number of hydrogen-bond acceptors (Lipinski definition) is 1. The second-order valence-electron chi connectivity index (χ2n) is 4.56. The third-order valence-corrected chi connectivity index (χ3v) is 3.30. The fourth-order valence-corrected chi connectivity index (χ4v) is 2.36. The van der Waals surface area contributed by atoms with Crippen LogP contribution in [0.15, 0.2) is 73.3 Å². The van der Waals surface area contributed by atoms with E-state index in [1.54, 1.807) is 0 Å². The van der Waals surface area contributed by atoms with E-state index in [1.807, 2.05) is 37.3 Å². The molecule has 0 heterocycles. The van der Waals surface area contributed by atoms with Crippen molar-refractivity contribution >= 4 is 0 Å². The summed E-state index contributed by atoms with van der Waals surface area (Å²) in [5.74, 6) is 0. The van der Waals surface area contributed by atoms with Gasteiger partial charge >= 0.3 is 0 Å². The van der Waals surface area contributed by atoms with Crippen LogP contribution in [-0.2, 0) is 16.8 Å². The standard InChI is InChI=1S/C18H20O/c1-3-18(19-4-2,17-13-9-6-10-14-17)15-16-11-7-5-8-12-16/h3,5-14H,1,4,15H2,2H3. The Labute approximate surface area is 115 Å². The number of benzene rings is 2. The molecule has 0 bridgehead atoms. The molecule has 0 spiro atoms. The molecule has 0 saturated heterocycles. The van der Waals surface area contributed by atoms with Crippen LogP contribution >= 0.6 is 0 Å². The lowest BCUT2D eigenvalue weighted by atomic mass is 9.87. The topological polar surface area (TPSA) is 9.23 Å². The molecule has 1 atom stereocenters. The van der Waals surface area contributed by atoms with Crippen molar-refractivity contribution in [3.05, 3.63) is 84.4 Å². The van der Waals surface area contributed by atoms with Crippen molar-refractivity contribution in [2.75, 3.05) is 6.61 Å². The molecular formula is C18H20O. The van der Waals surface area contributed by atoms with Crippen molar-refractivity contribution in [3.63, 3.8) is 0 Å². The van der Waals surface area contributed by atoms with Crippen LogP contribution in [0.2, 0.25) is 0 Å². The van der Waals surface area contributed by atoms with E-state index in [-0.39, 0.29) is 0 Å². The highest BCUT2D eigenvalue weighted by Gasteiger charge is 2.29. The van der Waals surface area contributed by atoms with Crippen LogP contribution in [0.3, 0.4) is 0 Å². The zero-order chi connectivity index (χ0) is 13.6. The molecule has 1 unspecified atom stereocenters. The lowest BCUT2D eigenvalue weighted by Gasteiger charge is -2.31. The molecule has 0 amide bonds. The maximum Gasteiger partial charge on any atom is 0.115 e. The Bertz CT molecular complexity index is 504. The van der Waals surface area contributed by atoms with Gasteiger partial charge in [0.25, 0.3) is 0 Å². The highest BCUT2D eigenvalue weighted by atomic mass is 16.5. The van der Waals surface area contributed by atoms with Gasteiger partial charge in [0.05, 0.1) is 0 Å². The Balaban J connectivity index is 2.37. The van der Waals surface area contributed by atoms with Gasteiger partial charge < -0.3 is 4.74 Å². The molecule has 1 nitrogen and oxygen atoms in total. The fraction of sp³-hybridized carbons (Fsp3) is 0.222. The summed E-state index contributed by atoms with van der Waals surface area (Å²) in [4.78, 5) is 0. The molecule has 0 fully saturated rings. The first-order chi connectivity index (χ1) is 9.30. The van der Waals surface area contributed by atoms with Gasteiger partial charge in [-0.3, -0.25) is 0 Å². The highest BCUT2D eigenvalue weighted by Crippen LogP contribution is 2.31. The van der Waals surface area contributed by atoms with Gasteiger partial charge in [-0.2, -0.15) is 0 Å². The molecule has 98 valence electrons. The SMILES string of the molecule is C=CC(Cc1ccccc1)(OCC)c1ccccc1. The Morgan fingerprint density at radius 1 is 1.00 bits per heavy atom.